The van der Waals surface area contributed by atoms with Gasteiger partial charge in [-0.05, 0) is 26.0 Å². The molecule has 0 bridgehead atoms. The molecular formula is C24H26N4O5. The number of aromatic amines is 1. The van der Waals surface area contributed by atoms with Crippen LogP contribution in [0.5, 0.6) is 11.5 Å². The lowest BCUT2D eigenvalue weighted by atomic mass is 10.1. The summed E-state index contributed by atoms with van der Waals surface area (Å²) in [6, 6.07) is 11.7. The monoisotopic (exact) mass is 450 g/mol. The van der Waals surface area contributed by atoms with Crippen molar-refractivity contribution < 1.29 is 19.4 Å². The Morgan fingerprint density at radius 2 is 1.88 bits per heavy atom. The van der Waals surface area contributed by atoms with E-state index in [1.807, 2.05) is 31.2 Å². The Balaban J connectivity index is 0.000000601. The molecule has 1 aliphatic rings. The minimum absolute atomic E-state index is 0.223. The molecule has 2 aromatic carbocycles. The lowest BCUT2D eigenvalue weighted by Gasteiger charge is -2.18. The minimum Gasteiger partial charge on any atom is -0.486 e. The van der Waals surface area contributed by atoms with Crippen molar-refractivity contribution in [1.82, 2.24) is 14.5 Å². The molecule has 4 N–H and O–H groups in total. The van der Waals surface area contributed by atoms with Crippen LogP contribution in [0.25, 0.3) is 33.2 Å². The van der Waals surface area contributed by atoms with Crippen molar-refractivity contribution in [1.29, 1.82) is 0 Å². The summed E-state index contributed by atoms with van der Waals surface area (Å²) >= 11 is 0. The molecule has 0 amide bonds. The number of nitrogens with one attached hydrogen (secondary N) is 1. The first-order valence-corrected chi connectivity index (χ1v) is 10.7. The highest BCUT2D eigenvalue weighted by Gasteiger charge is 2.21. The van der Waals surface area contributed by atoms with E-state index in [1.54, 1.807) is 6.07 Å². The third-order valence-corrected chi connectivity index (χ3v) is 5.41. The maximum Gasteiger partial charge on any atom is 0.300 e. The Morgan fingerprint density at radius 3 is 2.58 bits per heavy atom. The second-order valence-corrected chi connectivity index (χ2v) is 7.72. The van der Waals surface area contributed by atoms with Gasteiger partial charge in [0, 0.05) is 47.8 Å². The number of para-hydroxylation sites is 1. The number of carboxylic acids is 1. The second kappa shape index (κ2) is 9.33. The van der Waals surface area contributed by atoms with Gasteiger partial charge >= 0.3 is 0 Å². The van der Waals surface area contributed by atoms with Crippen molar-refractivity contribution in [3.05, 3.63) is 52.4 Å². The van der Waals surface area contributed by atoms with Gasteiger partial charge < -0.3 is 29.9 Å². The zero-order chi connectivity index (χ0) is 23.5. The summed E-state index contributed by atoms with van der Waals surface area (Å²) in [5.74, 6) is 0.444. The van der Waals surface area contributed by atoms with Crippen LogP contribution in [0.2, 0.25) is 0 Å². The van der Waals surface area contributed by atoms with Crippen molar-refractivity contribution in [2.75, 3.05) is 19.8 Å². The number of aliphatic carboxylic acids is 1. The van der Waals surface area contributed by atoms with Gasteiger partial charge in [-0.1, -0.05) is 18.2 Å². The van der Waals surface area contributed by atoms with Gasteiger partial charge in [-0.2, -0.15) is 0 Å². The van der Waals surface area contributed by atoms with E-state index in [-0.39, 0.29) is 5.56 Å². The van der Waals surface area contributed by atoms with E-state index in [1.165, 1.54) is 0 Å². The standard InChI is InChI=1S/C22H22N4O3.C2H4O2/c1-13-20(14-5-2-3-6-17(14)26(13)8-4-7-23)21-22(27)25-16-12-19-18(11-15(16)24-21)28-9-10-29-19;1-2(3)4/h2-3,5-6,11-12H,4,7-10,23H2,1H3,(H,25,27);1H3,(H,3,4). The number of aromatic nitrogens is 3. The van der Waals surface area contributed by atoms with Gasteiger partial charge in [0.2, 0.25) is 0 Å². The highest BCUT2D eigenvalue weighted by Crippen LogP contribution is 2.35. The lowest BCUT2D eigenvalue weighted by molar-refractivity contribution is -0.134. The van der Waals surface area contributed by atoms with Crippen LogP contribution in [0.1, 0.15) is 19.0 Å². The highest BCUT2D eigenvalue weighted by molar-refractivity contribution is 5.98. The lowest BCUT2D eigenvalue weighted by Crippen LogP contribution is -2.16. The van der Waals surface area contributed by atoms with Gasteiger partial charge in [0.1, 0.15) is 18.9 Å². The number of rotatable bonds is 4. The van der Waals surface area contributed by atoms with Gasteiger partial charge in [0.25, 0.3) is 11.5 Å². The van der Waals surface area contributed by atoms with Crippen LogP contribution in [0.4, 0.5) is 0 Å². The van der Waals surface area contributed by atoms with Gasteiger partial charge in [-0.25, -0.2) is 4.98 Å². The fourth-order valence-corrected chi connectivity index (χ4v) is 4.06. The molecule has 0 aliphatic carbocycles. The average Bonchev–Trinajstić information content (AvgIpc) is 3.06. The third kappa shape index (κ3) is 4.40. The summed E-state index contributed by atoms with van der Waals surface area (Å²) in [5, 5.41) is 8.43. The van der Waals surface area contributed by atoms with Crippen LogP contribution in [0.3, 0.4) is 0 Å². The number of hydrogen-bond donors (Lipinski definition) is 3. The van der Waals surface area contributed by atoms with Gasteiger partial charge in [-0.3, -0.25) is 9.59 Å². The molecule has 0 atom stereocenters. The average molecular weight is 450 g/mol. The molecule has 0 fully saturated rings. The quantitative estimate of drug-likeness (QED) is 0.435. The Labute approximate surface area is 189 Å². The predicted octanol–water partition coefficient (Wildman–Crippen LogP) is 3.06. The van der Waals surface area contributed by atoms with Crippen molar-refractivity contribution in [3.63, 3.8) is 0 Å². The maximum atomic E-state index is 13.0. The van der Waals surface area contributed by atoms with E-state index in [4.69, 9.17) is 30.1 Å². The Bertz CT molecular complexity index is 1390. The second-order valence-electron chi connectivity index (χ2n) is 7.72. The van der Waals surface area contributed by atoms with Crippen LogP contribution in [-0.2, 0) is 11.3 Å². The Hall–Kier alpha value is -3.85. The molecule has 1 aliphatic heterocycles. The van der Waals surface area contributed by atoms with Crippen LogP contribution in [0.15, 0.2) is 41.2 Å². The number of hydrogen-bond acceptors (Lipinski definition) is 6. The molecule has 5 rings (SSSR count). The fraction of sp³-hybridized carbons (Fsp3) is 0.292. The van der Waals surface area contributed by atoms with E-state index in [0.717, 1.165) is 42.0 Å². The number of ether oxygens (including phenoxy) is 2. The molecule has 33 heavy (non-hydrogen) atoms. The molecule has 0 unspecified atom stereocenters. The number of benzene rings is 2. The van der Waals surface area contributed by atoms with E-state index in [2.05, 4.69) is 15.6 Å². The van der Waals surface area contributed by atoms with E-state index in [9.17, 15) is 4.79 Å². The Morgan fingerprint density at radius 1 is 1.21 bits per heavy atom. The van der Waals surface area contributed by atoms with Crippen LogP contribution in [0, 0.1) is 6.92 Å². The summed E-state index contributed by atoms with van der Waals surface area (Å²) in [6.45, 7) is 5.52. The third-order valence-electron chi connectivity index (χ3n) is 5.41. The minimum atomic E-state index is -0.833. The van der Waals surface area contributed by atoms with Crippen molar-refractivity contribution >= 4 is 27.9 Å². The first-order valence-electron chi connectivity index (χ1n) is 10.7. The molecule has 0 spiro atoms. The molecule has 9 nitrogen and oxygen atoms in total. The first-order chi connectivity index (χ1) is 15.9. The van der Waals surface area contributed by atoms with Crippen LogP contribution in [-0.4, -0.2) is 45.4 Å². The molecule has 172 valence electrons. The summed E-state index contributed by atoms with van der Waals surface area (Å²) in [6.07, 6.45) is 0.865. The number of H-pyrrole nitrogens is 1. The summed E-state index contributed by atoms with van der Waals surface area (Å²) in [7, 11) is 0. The molecule has 3 heterocycles. The molecule has 0 saturated heterocycles. The first kappa shape index (κ1) is 22.3. The van der Waals surface area contributed by atoms with Crippen molar-refractivity contribution in [3.8, 4) is 22.8 Å². The van der Waals surface area contributed by atoms with Crippen LogP contribution < -0.4 is 20.8 Å². The van der Waals surface area contributed by atoms with Gasteiger partial charge in [0.15, 0.2) is 11.5 Å². The number of carbonyl (C=O) groups is 1. The highest BCUT2D eigenvalue weighted by atomic mass is 16.6. The molecule has 2 aromatic heterocycles. The van der Waals surface area contributed by atoms with Crippen molar-refractivity contribution in [2.24, 2.45) is 5.73 Å². The van der Waals surface area contributed by atoms with Gasteiger partial charge in [-0.15, -0.1) is 0 Å². The fourth-order valence-electron chi connectivity index (χ4n) is 4.06. The number of nitrogens with two attached hydrogens (primary N) is 1. The molecule has 4 aromatic rings. The zero-order valence-corrected chi connectivity index (χ0v) is 18.6. The molecule has 0 saturated carbocycles. The van der Waals surface area contributed by atoms with Gasteiger partial charge in [0.05, 0.1) is 11.0 Å². The Kier molecular flexibility index (Phi) is 6.32. The predicted molar refractivity (Wildman–Crippen MR) is 126 cm³/mol. The number of carboxylic acid groups (broad SMARTS) is 1. The maximum absolute atomic E-state index is 13.0. The largest absolute Gasteiger partial charge is 0.486 e. The number of nitrogens with zero attached hydrogens (tertiary/aromatic N) is 2. The van der Waals surface area contributed by atoms with E-state index in [0.29, 0.717) is 48.0 Å². The topological polar surface area (TPSA) is 132 Å². The zero-order valence-electron chi connectivity index (χ0n) is 18.6. The van der Waals surface area contributed by atoms with E-state index >= 15 is 0 Å². The smallest absolute Gasteiger partial charge is 0.300 e. The molecule has 9 heteroatoms. The molecular weight excluding hydrogens is 424 g/mol. The summed E-state index contributed by atoms with van der Waals surface area (Å²) in [5.41, 5.74) is 10.2. The van der Waals surface area contributed by atoms with Crippen molar-refractivity contribution in [2.45, 2.75) is 26.8 Å². The number of aryl methyl sites for hydroxylation is 1. The molecule has 0 radical (unpaired) electrons. The normalized spacial score (nSPS) is 12.5. The summed E-state index contributed by atoms with van der Waals surface area (Å²) in [4.78, 5) is 29.7. The number of fused-ring (bicyclic) bond motifs is 3. The van der Waals surface area contributed by atoms with Crippen LogP contribution >= 0.6 is 0 Å². The van der Waals surface area contributed by atoms with E-state index < -0.39 is 5.97 Å². The SMILES string of the molecule is CC(=O)O.Cc1c(-c2nc3cc4c(cc3[nH]c2=O)OCCO4)c2ccccc2n1CCCN. The summed E-state index contributed by atoms with van der Waals surface area (Å²) < 4.78 is 13.5.